The molecule has 1 heterocycles. The molecule has 0 spiro atoms. The van der Waals surface area contributed by atoms with E-state index in [0.717, 1.165) is 20.9 Å². The zero-order valence-electron chi connectivity index (χ0n) is 10.2. The van der Waals surface area contributed by atoms with Crippen LogP contribution in [-0.2, 0) is 4.74 Å². The molecule has 1 aliphatic rings. The number of hydrogen-bond donors (Lipinski definition) is 0. The number of carbonyl (C=O) groups excluding carboxylic acids is 1. The number of morpholine rings is 1. The number of alkyl halides is 1. The molecule has 1 aromatic carbocycles. The topological polar surface area (TPSA) is 29.5 Å². The first-order valence-electron chi connectivity index (χ1n) is 5.84. The van der Waals surface area contributed by atoms with Gasteiger partial charge in [-0.05, 0) is 30.7 Å². The Bertz CT molecular complexity index is 430. The van der Waals surface area contributed by atoms with Crippen LogP contribution in [0.1, 0.15) is 15.9 Å². The SMILES string of the molecule is Cc1cc(Br)cc(C(=O)N2CCOC(CBr)C2)c1. The number of rotatable bonds is 2. The number of ether oxygens (including phenoxy) is 1. The summed E-state index contributed by atoms with van der Waals surface area (Å²) in [4.78, 5) is 14.3. The van der Waals surface area contributed by atoms with Crippen molar-refractivity contribution in [1.82, 2.24) is 4.90 Å². The molecule has 0 bridgehead atoms. The average Bonchev–Trinajstić information content (AvgIpc) is 2.37. The first-order valence-corrected chi connectivity index (χ1v) is 7.75. The smallest absolute Gasteiger partial charge is 0.254 e. The van der Waals surface area contributed by atoms with E-state index in [-0.39, 0.29) is 12.0 Å². The summed E-state index contributed by atoms with van der Waals surface area (Å²) in [6, 6.07) is 5.79. The lowest BCUT2D eigenvalue weighted by atomic mass is 10.1. The van der Waals surface area contributed by atoms with Crippen LogP contribution in [0.4, 0.5) is 0 Å². The summed E-state index contributed by atoms with van der Waals surface area (Å²) in [6.45, 7) is 3.90. The highest BCUT2D eigenvalue weighted by molar-refractivity contribution is 9.10. The number of carbonyl (C=O) groups is 1. The van der Waals surface area contributed by atoms with E-state index < -0.39 is 0 Å². The molecule has 1 aromatic rings. The molecule has 1 saturated heterocycles. The Morgan fingerprint density at radius 2 is 2.28 bits per heavy atom. The number of amides is 1. The van der Waals surface area contributed by atoms with E-state index in [2.05, 4.69) is 31.9 Å². The van der Waals surface area contributed by atoms with Crippen molar-refractivity contribution in [3.8, 4) is 0 Å². The summed E-state index contributed by atoms with van der Waals surface area (Å²) >= 11 is 6.82. The molecule has 1 fully saturated rings. The van der Waals surface area contributed by atoms with E-state index in [9.17, 15) is 4.79 Å². The third-order valence-corrected chi connectivity index (χ3v) is 4.07. The zero-order valence-corrected chi connectivity index (χ0v) is 13.3. The lowest BCUT2D eigenvalue weighted by Crippen LogP contribution is -2.46. The Labute approximate surface area is 124 Å². The fourth-order valence-electron chi connectivity index (χ4n) is 2.04. The minimum atomic E-state index is 0.0775. The highest BCUT2D eigenvalue weighted by Crippen LogP contribution is 2.18. The highest BCUT2D eigenvalue weighted by atomic mass is 79.9. The summed E-state index contributed by atoms with van der Waals surface area (Å²) in [5.74, 6) is 0.0775. The van der Waals surface area contributed by atoms with Gasteiger partial charge >= 0.3 is 0 Å². The fourth-order valence-corrected chi connectivity index (χ4v) is 3.04. The van der Waals surface area contributed by atoms with Crippen LogP contribution in [0.25, 0.3) is 0 Å². The predicted molar refractivity (Wildman–Crippen MR) is 78.3 cm³/mol. The highest BCUT2D eigenvalue weighted by Gasteiger charge is 2.24. The monoisotopic (exact) mass is 375 g/mol. The first-order chi connectivity index (χ1) is 8.60. The van der Waals surface area contributed by atoms with E-state index in [4.69, 9.17) is 4.74 Å². The maximum absolute atomic E-state index is 12.4. The molecule has 2 rings (SSSR count). The molecule has 0 N–H and O–H groups in total. The van der Waals surface area contributed by atoms with E-state index in [1.807, 2.05) is 30.0 Å². The number of halogens is 2. The van der Waals surface area contributed by atoms with Crippen LogP contribution in [-0.4, -0.2) is 41.9 Å². The Hall–Kier alpha value is -0.390. The van der Waals surface area contributed by atoms with Crippen molar-refractivity contribution < 1.29 is 9.53 Å². The molecule has 5 heteroatoms. The second kappa shape index (κ2) is 6.17. The molecule has 98 valence electrons. The van der Waals surface area contributed by atoms with Gasteiger partial charge in [-0.1, -0.05) is 31.9 Å². The quantitative estimate of drug-likeness (QED) is 0.742. The molecular weight excluding hydrogens is 362 g/mol. The predicted octanol–water partition coefficient (Wildman–Crippen LogP) is 2.99. The molecule has 3 nitrogen and oxygen atoms in total. The van der Waals surface area contributed by atoms with Crippen LogP contribution in [0.3, 0.4) is 0 Å². The first kappa shape index (κ1) is 14.0. The largest absolute Gasteiger partial charge is 0.374 e. The Morgan fingerprint density at radius 1 is 1.50 bits per heavy atom. The molecule has 1 atom stereocenters. The minimum absolute atomic E-state index is 0.0775. The van der Waals surface area contributed by atoms with Crippen molar-refractivity contribution in [3.63, 3.8) is 0 Å². The molecule has 1 unspecified atom stereocenters. The molecule has 0 aliphatic carbocycles. The van der Waals surface area contributed by atoms with E-state index in [1.54, 1.807) is 0 Å². The lowest BCUT2D eigenvalue weighted by molar-refractivity contribution is -0.00965. The van der Waals surface area contributed by atoms with Crippen LogP contribution in [0.5, 0.6) is 0 Å². The molecule has 18 heavy (non-hydrogen) atoms. The van der Waals surface area contributed by atoms with Gasteiger partial charge in [0.05, 0.1) is 12.7 Å². The fraction of sp³-hybridized carbons (Fsp3) is 0.462. The Kier molecular flexibility index (Phi) is 4.81. The number of hydrogen-bond acceptors (Lipinski definition) is 2. The summed E-state index contributed by atoms with van der Waals surface area (Å²) in [5.41, 5.74) is 1.81. The van der Waals surface area contributed by atoms with Crippen LogP contribution in [0.15, 0.2) is 22.7 Å². The van der Waals surface area contributed by atoms with Gasteiger partial charge in [-0.2, -0.15) is 0 Å². The van der Waals surface area contributed by atoms with Gasteiger partial charge in [-0.25, -0.2) is 0 Å². The zero-order chi connectivity index (χ0) is 13.1. The van der Waals surface area contributed by atoms with Gasteiger partial charge in [0.1, 0.15) is 0 Å². The Morgan fingerprint density at radius 3 is 2.94 bits per heavy atom. The standard InChI is InChI=1S/C13H15Br2NO2/c1-9-4-10(6-11(15)5-9)13(17)16-2-3-18-12(7-14)8-16/h4-6,12H,2-3,7-8H2,1H3. The van der Waals surface area contributed by atoms with Crippen LogP contribution in [0, 0.1) is 6.92 Å². The second-order valence-electron chi connectivity index (χ2n) is 4.42. The van der Waals surface area contributed by atoms with Gasteiger partial charge in [0.25, 0.3) is 5.91 Å². The van der Waals surface area contributed by atoms with Crippen molar-refractivity contribution in [2.45, 2.75) is 13.0 Å². The summed E-state index contributed by atoms with van der Waals surface area (Å²) < 4.78 is 6.48. The van der Waals surface area contributed by atoms with Crippen LogP contribution < -0.4 is 0 Å². The summed E-state index contributed by atoms with van der Waals surface area (Å²) in [5, 5.41) is 0.758. The molecular formula is C13H15Br2NO2. The van der Waals surface area contributed by atoms with E-state index in [1.165, 1.54) is 0 Å². The minimum Gasteiger partial charge on any atom is -0.374 e. The maximum atomic E-state index is 12.4. The summed E-state index contributed by atoms with van der Waals surface area (Å²) in [6.07, 6.45) is 0.0935. The maximum Gasteiger partial charge on any atom is 0.254 e. The van der Waals surface area contributed by atoms with E-state index in [0.29, 0.717) is 19.7 Å². The van der Waals surface area contributed by atoms with E-state index >= 15 is 0 Å². The van der Waals surface area contributed by atoms with Gasteiger partial charge in [-0.15, -0.1) is 0 Å². The normalized spacial score (nSPS) is 19.9. The Balaban J connectivity index is 2.15. The van der Waals surface area contributed by atoms with Crippen LogP contribution in [0.2, 0.25) is 0 Å². The molecule has 1 aliphatic heterocycles. The number of aryl methyl sites for hydroxylation is 1. The third-order valence-electron chi connectivity index (χ3n) is 2.89. The van der Waals surface area contributed by atoms with Crippen LogP contribution >= 0.6 is 31.9 Å². The van der Waals surface area contributed by atoms with Crippen molar-refractivity contribution in [3.05, 3.63) is 33.8 Å². The van der Waals surface area contributed by atoms with Crippen molar-refractivity contribution >= 4 is 37.8 Å². The van der Waals surface area contributed by atoms with Crippen molar-refractivity contribution in [1.29, 1.82) is 0 Å². The molecule has 1 amide bonds. The van der Waals surface area contributed by atoms with Gasteiger partial charge in [0.2, 0.25) is 0 Å². The van der Waals surface area contributed by atoms with Crippen molar-refractivity contribution in [2.24, 2.45) is 0 Å². The summed E-state index contributed by atoms with van der Waals surface area (Å²) in [7, 11) is 0. The van der Waals surface area contributed by atoms with Gasteiger partial charge in [0, 0.05) is 28.5 Å². The molecule has 0 saturated carbocycles. The number of benzene rings is 1. The average molecular weight is 377 g/mol. The third kappa shape index (κ3) is 3.33. The molecule has 0 radical (unpaired) electrons. The van der Waals surface area contributed by atoms with Crippen molar-refractivity contribution in [2.75, 3.05) is 25.0 Å². The van der Waals surface area contributed by atoms with Gasteiger partial charge in [0.15, 0.2) is 0 Å². The number of nitrogens with zero attached hydrogens (tertiary/aromatic N) is 1. The van der Waals surface area contributed by atoms with Gasteiger partial charge < -0.3 is 9.64 Å². The lowest BCUT2D eigenvalue weighted by Gasteiger charge is -2.32. The molecule has 0 aromatic heterocycles. The van der Waals surface area contributed by atoms with Gasteiger partial charge in [-0.3, -0.25) is 4.79 Å². The second-order valence-corrected chi connectivity index (χ2v) is 5.98.